The van der Waals surface area contributed by atoms with Crippen molar-refractivity contribution in [1.29, 1.82) is 5.26 Å². The molecule has 0 saturated carbocycles. The van der Waals surface area contributed by atoms with Crippen molar-refractivity contribution in [3.05, 3.63) is 76.0 Å². The Morgan fingerprint density at radius 3 is 2.55 bits per heavy atom. The monoisotopic (exact) mass is 394 g/mol. The topological polar surface area (TPSA) is 108 Å². The number of nitriles is 1. The molecule has 0 aliphatic carbocycles. The lowest BCUT2D eigenvalue weighted by molar-refractivity contribution is -0.384. The number of rotatable bonds is 8. The van der Waals surface area contributed by atoms with Crippen molar-refractivity contribution >= 4 is 17.3 Å². The van der Waals surface area contributed by atoms with Gasteiger partial charge < -0.3 is 15.0 Å². The first kappa shape index (κ1) is 21.4. The lowest BCUT2D eigenvalue weighted by atomic mass is 10.1. The van der Waals surface area contributed by atoms with Gasteiger partial charge in [-0.15, -0.1) is 0 Å². The van der Waals surface area contributed by atoms with E-state index in [0.717, 1.165) is 5.56 Å². The van der Waals surface area contributed by atoms with Gasteiger partial charge in [0.2, 0.25) is 0 Å². The number of nitrogens with one attached hydrogen (secondary N) is 1. The highest BCUT2D eigenvalue weighted by Gasteiger charge is 2.21. The second-order valence-electron chi connectivity index (χ2n) is 6.47. The second kappa shape index (κ2) is 9.90. The minimum atomic E-state index is -0.537. The maximum atomic E-state index is 12.9. The Hall–Kier alpha value is -3.86. The van der Waals surface area contributed by atoms with E-state index in [2.05, 4.69) is 5.32 Å². The Bertz CT molecular complexity index is 949. The van der Waals surface area contributed by atoms with Crippen LogP contribution in [0.25, 0.3) is 0 Å². The zero-order chi connectivity index (χ0) is 21.4. The maximum Gasteiger partial charge on any atom is 0.271 e. The number of nitro benzene ring substituents is 1. The Kier molecular flexibility index (Phi) is 7.32. The van der Waals surface area contributed by atoms with Crippen LogP contribution in [0.2, 0.25) is 0 Å². The third kappa shape index (κ3) is 5.56. The Balaban J connectivity index is 2.28. The fourth-order valence-electron chi connectivity index (χ4n) is 2.64. The van der Waals surface area contributed by atoms with Crippen molar-refractivity contribution < 1.29 is 14.5 Å². The first-order valence-electron chi connectivity index (χ1n) is 8.91. The van der Waals surface area contributed by atoms with Crippen LogP contribution in [0.15, 0.2) is 60.3 Å². The summed E-state index contributed by atoms with van der Waals surface area (Å²) in [5.74, 6) is -0.0927. The highest BCUT2D eigenvalue weighted by Crippen LogP contribution is 2.29. The van der Waals surface area contributed by atoms with Gasteiger partial charge in [0.1, 0.15) is 17.4 Å². The van der Waals surface area contributed by atoms with Gasteiger partial charge in [-0.2, -0.15) is 5.26 Å². The van der Waals surface area contributed by atoms with Crippen LogP contribution in [0.1, 0.15) is 19.4 Å². The third-order valence-corrected chi connectivity index (χ3v) is 4.20. The van der Waals surface area contributed by atoms with E-state index in [1.165, 1.54) is 31.5 Å². The van der Waals surface area contributed by atoms with E-state index in [4.69, 9.17) is 4.74 Å². The van der Waals surface area contributed by atoms with Gasteiger partial charge in [0, 0.05) is 30.9 Å². The summed E-state index contributed by atoms with van der Waals surface area (Å²) in [6, 6.07) is 15.3. The summed E-state index contributed by atoms with van der Waals surface area (Å²) < 4.78 is 5.18. The van der Waals surface area contributed by atoms with Crippen LogP contribution in [0, 0.1) is 21.4 Å². The quantitative estimate of drug-likeness (QED) is 0.315. The van der Waals surface area contributed by atoms with Crippen LogP contribution in [0.4, 0.5) is 11.4 Å². The van der Waals surface area contributed by atoms with Gasteiger partial charge in [0.15, 0.2) is 0 Å². The van der Waals surface area contributed by atoms with Crippen LogP contribution in [0.3, 0.4) is 0 Å². The maximum absolute atomic E-state index is 12.9. The highest BCUT2D eigenvalue weighted by atomic mass is 16.6. The number of ether oxygens (including phenoxy) is 1. The minimum Gasteiger partial charge on any atom is -0.495 e. The molecule has 0 heterocycles. The summed E-state index contributed by atoms with van der Waals surface area (Å²) in [6.45, 7) is 4.09. The van der Waals surface area contributed by atoms with Gasteiger partial charge in [0.25, 0.3) is 11.6 Å². The van der Waals surface area contributed by atoms with E-state index in [1.807, 2.05) is 50.2 Å². The number of hydrogen-bond acceptors (Lipinski definition) is 6. The Morgan fingerprint density at radius 2 is 2.00 bits per heavy atom. The van der Waals surface area contributed by atoms with E-state index >= 15 is 0 Å². The van der Waals surface area contributed by atoms with E-state index in [1.54, 1.807) is 4.90 Å². The number of anilines is 1. The summed E-state index contributed by atoms with van der Waals surface area (Å²) in [5.41, 5.74) is 0.962. The number of methoxy groups -OCH3 is 1. The number of amides is 1. The minimum absolute atomic E-state index is 0.122. The Labute approximate surface area is 169 Å². The van der Waals surface area contributed by atoms with Gasteiger partial charge in [-0.1, -0.05) is 30.3 Å². The zero-order valence-electron chi connectivity index (χ0n) is 16.5. The standard InChI is InChI=1S/C21H22N4O4/c1-15(2)24(14-16-7-5-4-6-8-16)21(26)17(12-22)13-23-19-11-18(25(27)28)9-10-20(19)29-3/h4-11,13,15,23H,14H2,1-3H3/b17-13-. The molecule has 2 aromatic carbocycles. The number of nitro groups is 1. The predicted molar refractivity (Wildman–Crippen MR) is 109 cm³/mol. The molecule has 29 heavy (non-hydrogen) atoms. The molecule has 0 aliphatic rings. The number of non-ortho nitro benzene ring substituents is 1. The predicted octanol–water partition coefficient (Wildman–Crippen LogP) is 3.86. The number of carbonyl (C=O) groups is 1. The zero-order valence-corrected chi connectivity index (χ0v) is 16.5. The largest absolute Gasteiger partial charge is 0.495 e. The highest BCUT2D eigenvalue weighted by molar-refractivity contribution is 5.97. The van der Waals surface area contributed by atoms with Crippen molar-refractivity contribution in [2.24, 2.45) is 0 Å². The fourth-order valence-corrected chi connectivity index (χ4v) is 2.64. The normalized spacial score (nSPS) is 10.9. The molecule has 0 aliphatic heterocycles. The Morgan fingerprint density at radius 1 is 1.31 bits per heavy atom. The van der Waals surface area contributed by atoms with Crippen LogP contribution in [0.5, 0.6) is 5.75 Å². The molecule has 0 atom stereocenters. The number of nitrogens with zero attached hydrogens (tertiary/aromatic N) is 3. The molecular weight excluding hydrogens is 372 g/mol. The summed E-state index contributed by atoms with van der Waals surface area (Å²) in [6.07, 6.45) is 1.24. The van der Waals surface area contributed by atoms with E-state index in [-0.39, 0.29) is 23.0 Å². The van der Waals surface area contributed by atoms with Gasteiger partial charge in [-0.25, -0.2) is 0 Å². The molecule has 2 aromatic rings. The molecule has 1 amide bonds. The molecule has 0 unspecified atom stereocenters. The van der Waals surface area contributed by atoms with Gasteiger partial charge >= 0.3 is 0 Å². The smallest absolute Gasteiger partial charge is 0.271 e. The van der Waals surface area contributed by atoms with Gasteiger partial charge in [0.05, 0.1) is 17.7 Å². The molecule has 2 rings (SSSR count). The van der Waals surface area contributed by atoms with Crippen LogP contribution in [-0.4, -0.2) is 28.9 Å². The van der Waals surface area contributed by atoms with E-state index in [0.29, 0.717) is 12.3 Å². The lowest BCUT2D eigenvalue weighted by Gasteiger charge is -2.26. The number of benzene rings is 2. The molecule has 0 saturated heterocycles. The molecular formula is C21H22N4O4. The third-order valence-electron chi connectivity index (χ3n) is 4.20. The van der Waals surface area contributed by atoms with Gasteiger partial charge in [-0.05, 0) is 25.5 Å². The molecule has 0 spiro atoms. The molecule has 1 N–H and O–H groups in total. The summed E-state index contributed by atoms with van der Waals surface area (Å²) in [4.78, 5) is 25.0. The second-order valence-corrected chi connectivity index (χ2v) is 6.47. The summed E-state index contributed by atoms with van der Waals surface area (Å²) in [7, 11) is 1.42. The van der Waals surface area contributed by atoms with Crippen molar-refractivity contribution in [2.45, 2.75) is 26.4 Å². The van der Waals surface area contributed by atoms with E-state index in [9.17, 15) is 20.2 Å². The number of hydrogen-bond donors (Lipinski definition) is 1. The summed E-state index contributed by atoms with van der Waals surface area (Å²) in [5, 5.41) is 23.3. The first-order valence-corrected chi connectivity index (χ1v) is 8.91. The van der Waals surface area contributed by atoms with Crippen molar-refractivity contribution in [3.63, 3.8) is 0 Å². The van der Waals surface area contributed by atoms with Crippen LogP contribution >= 0.6 is 0 Å². The van der Waals surface area contributed by atoms with Crippen molar-refractivity contribution in [1.82, 2.24) is 4.90 Å². The molecule has 0 bridgehead atoms. The molecule has 150 valence electrons. The molecule has 8 nitrogen and oxygen atoms in total. The molecule has 0 aromatic heterocycles. The van der Waals surface area contributed by atoms with E-state index < -0.39 is 10.8 Å². The SMILES string of the molecule is COc1ccc([N+](=O)[O-])cc1N/C=C(/C#N)C(=O)N(Cc1ccccc1)C(C)C. The average Bonchev–Trinajstić information content (AvgIpc) is 2.72. The number of carbonyl (C=O) groups excluding carboxylic acids is 1. The lowest BCUT2D eigenvalue weighted by Crippen LogP contribution is -2.37. The average molecular weight is 394 g/mol. The molecule has 8 heteroatoms. The molecule has 0 fully saturated rings. The summed E-state index contributed by atoms with van der Waals surface area (Å²) >= 11 is 0. The van der Waals surface area contributed by atoms with Crippen molar-refractivity contribution in [2.75, 3.05) is 12.4 Å². The fraction of sp³-hybridized carbons (Fsp3) is 0.238. The molecule has 0 radical (unpaired) electrons. The van der Waals surface area contributed by atoms with Crippen LogP contribution < -0.4 is 10.1 Å². The first-order chi connectivity index (χ1) is 13.9. The van der Waals surface area contributed by atoms with Crippen molar-refractivity contribution in [3.8, 4) is 11.8 Å². The van der Waals surface area contributed by atoms with Crippen LogP contribution in [-0.2, 0) is 11.3 Å². The van der Waals surface area contributed by atoms with Gasteiger partial charge in [-0.3, -0.25) is 14.9 Å².